The van der Waals surface area contributed by atoms with E-state index in [-0.39, 0.29) is 5.69 Å². The van der Waals surface area contributed by atoms with Crippen molar-refractivity contribution < 1.29 is 9.31 Å². The van der Waals surface area contributed by atoms with Crippen molar-refractivity contribution >= 4 is 11.4 Å². The molecule has 0 spiro atoms. The largest absolute Gasteiger partial charge is 0.366 e. The average Bonchev–Trinajstić information content (AvgIpc) is 2.39. The smallest absolute Gasteiger partial charge is 0.292 e. The van der Waals surface area contributed by atoms with E-state index in [0.717, 1.165) is 31.9 Å². The molecule has 0 saturated carbocycles. The first kappa shape index (κ1) is 13.7. The van der Waals surface area contributed by atoms with Gasteiger partial charge in [0.2, 0.25) is 0 Å². The first-order valence-electron chi connectivity index (χ1n) is 6.50. The fourth-order valence-electron chi connectivity index (χ4n) is 2.66. The zero-order valence-electron chi connectivity index (χ0n) is 10.7. The molecule has 0 aromatic heterocycles. The van der Waals surface area contributed by atoms with Crippen LogP contribution in [0.2, 0.25) is 0 Å². The molecule has 2 rings (SSSR count). The van der Waals surface area contributed by atoms with Crippen LogP contribution in [0.5, 0.6) is 0 Å². The van der Waals surface area contributed by atoms with Gasteiger partial charge in [-0.3, -0.25) is 10.1 Å². The van der Waals surface area contributed by atoms with Crippen molar-refractivity contribution in [3.05, 3.63) is 34.1 Å². The van der Waals surface area contributed by atoms with Gasteiger partial charge in [-0.05, 0) is 37.8 Å². The number of rotatable bonds is 4. The van der Waals surface area contributed by atoms with Crippen LogP contribution >= 0.6 is 0 Å². The fourth-order valence-corrected chi connectivity index (χ4v) is 2.66. The molecule has 0 radical (unpaired) electrons. The predicted octanol–water partition coefficient (Wildman–Crippen LogP) is 2.30. The number of benzene rings is 1. The van der Waals surface area contributed by atoms with E-state index in [1.54, 1.807) is 0 Å². The van der Waals surface area contributed by atoms with Crippen molar-refractivity contribution in [3.8, 4) is 0 Å². The summed E-state index contributed by atoms with van der Waals surface area (Å²) < 4.78 is 13.3. The highest BCUT2D eigenvalue weighted by Crippen LogP contribution is 2.32. The summed E-state index contributed by atoms with van der Waals surface area (Å²) in [7, 11) is 0. The number of nitrogens with two attached hydrogens (primary N) is 1. The maximum Gasteiger partial charge on any atom is 0.292 e. The number of anilines is 1. The molecule has 1 saturated heterocycles. The molecule has 1 fully saturated rings. The van der Waals surface area contributed by atoms with Crippen molar-refractivity contribution in [2.45, 2.75) is 19.3 Å². The Hall–Kier alpha value is -1.69. The second-order valence-corrected chi connectivity index (χ2v) is 4.92. The van der Waals surface area contributed by atoms with E-state index in [4.69, 9.17) is 5.73 Å². The molecule has 1 heterocycles. The minimum atomic E-state index is -0.457. The maximum atomic E-state index is 13.3. The lowest BCUT2D eigenvalue weighted by Crippen LogP contribution is -2.36. The van der Waals surface area contributed by atoms with Gasteiger partial charge in [-0.2, -0.15) is 0 Å². The SMILES string of the molecule is NCCC1CCCN(c2cc(F)ccc2[N+](=O)[O-])C1. The van der Waals surface area contributed by atoms with E-state index in [1.807, 2.05) is 4.90 Å². The van der Waals surface area contributed by atoms with Crippen molar-refractivity contribution in [3.63, 3.8) is 0 Å². The molecule has 5 nitrogen and oxygen atoms in total. The number of halogens is 1. The Labute approximate surface area is 111 Å². The van der Waals surface area contributed by atoms with Crippen LogP contribution in [-0.4, -0.2) is 24.6 Å². The summed E-state index contributed by atoms with van der Waals surface area (Å²) >= 11 is 0. The van der Waals surface area contributed by atoms with Gasteiger partial charge < -0.3 is 10.6 Å². The summed E-state index contributed by atoms with van der Waals surface area (Å²) in [5, 5.41) is 11.0. The number of hydrogen-bond donors (Lipinski definition) is 1. The molecule has 1 aromatic rings. The quantitative estimate of drug-likeness (QED) is 0.671. The molecule has 1 aliphatic heterocycles. The molecule has 1 aromatic carbocycles. The summed E-state index contributed by atoms with van der Waals surface area (Å²) in [6.07, 6.45) is 2.94. The first-order chi connectivity index (χ1) is 9.11. The molecular formula is C13H18FN3O2. The summed E-state index contributed by atoms with van der Waals surface area (Å²) in [6, 6.07) is 3.61. The second-order valence-electron chi connectivity index (χ2n) is 4.92. The fraction of sp³-hybridized carbons (Fsp3) is 0.538. The number of hydrogen-bond acceptors (Lipinski definition) is 4. The molecule has 0 bridgehead atoms. The van der Waals surface area contributed by atoms with E-state index in [9.17, 15) is 14.5 Å². The Morgan fingerprint density at radius 2 is 2.32 bits per heavy atom. The molecule has 2 N–H and O–H groups in total. The third kappa shape index (κ3) is 3.20. The van der Waals surface area contributed by atoms with Gasteiger partial charge in [0.15, 0.2) is 0 Å². The Bertz CT molecular complexity index is 465. The highest BCUT2D eigenvalue weighted by Gasteiger charge is 2.25. The van der Waals surface area contributed by atoms with Crippen LogP contribution in [0.15, 0.2) is 18.2 Å². The van der Waals surface area contributed by atoms with Crippen LogP contribution in [0.3, 0.4) is 0 Å². The lowest BCUT2D eigenvalue weighted by molar-refractivity contribution is -0.384. The van der Waals surface area contributed by atoms with Crippen LogP contribution in [0.25, 0.3) is 0 Å². The van der Waals surface area contributed by atoms with Crippen LogP contribution in [0, 0.1) is 21.8 Å². The Morgan fingerprint density at radius 3 is 3.00 bits per heavy atom. The predicted molar refractivity (Wildman–Crippen MR) is 71.7 cm³/mol. The van der Waals surface area contributed by atoms with Crippen molar-refractivity contribution in [2.24, 2.45) is 11.7 Å². The van der Waals surface area contributed by atoms with Crippen LogP contribution in [0.4, 0.5) is 15.8 Å². The Morgan fingerprint density at radius 1 is 1.53 bits per heavy atom. The summed E-state index contributed by atoms with van der Waals surface area (Å²) in [6.45, 7) is 2.05. The third-order valence-corrected chi connectivity index (χ3v) is 3.57. The van der Waals surface area contributed by atoms with Crippen LogP contribution < -0.4 is 10.6 Å². The monoisotopic (exact) mass is 267 g/mol. The van der Waals surface area contributed by atoms with Gasteiger partial charge in [0.1, 0.15) is 11.5 Å². The molecule has 0 aliphatic carbocycles. The maximum absolute atomic E-state index is 13.3. The van der Waals surface area contributed by atoms with E-state index >= 15 is 0 Å². The molecule has 1 unspecified atom stereocenters. The van der Waals surface area contributed by atoms with Gasteiger partial charge in [-0.15, -0.1) is 0 Å². The number of nitro benzene ring substituents is 1. The van der Waals surface area contributed by atoms with Crippen LogP contribution in [-0.2, 0) is 0 Å². The summed E-state index contributed by atoms with van der Waals surface area (Å²) in [5.41, 5.74) is 5.91. The zero-order chi connectivity index (χ0) is 13.8. The van der Waals surface area contributed by atoms with Crippen molar-refractivity contribution in [2.75, 3.05) is 24.5 Å². The standard InChI is InChI=1S/C13H18FN3O2/c14-11-3-4-12(17(18)19)13(8-11)16-7-1-2-10(9-16)5-6-15/h3-4,8,10H,1-2,5-7,9,15H2. The topological polar surface area (TPSA) is 72.4 Å². The first-order valence-corrected chi connectivity index (χ1v) is 6.50. The molecular weight excluding hydrogens is 249 g/mol. The molecule has 1 atom stereocenters. The molecule has 104 valence electrons. The van der Waals surface area contributed by atoms with Crippen LogP contribution in [0.1, 0.15) is 19.3 Å². The highest BCUT2D eigenvalue weighted by atomic mass is 19.1. The van der Waals surface area contributed by atoms with Gasteiger partial charge in [0.05, 0.1) is 4.92 Å². The number of nitro groups is 1. The molecule has 6 heteroatoms. The third-order valence-electron chi connectivity index (χ3n) is 3.57. The van der Waals surface area contributed by atoms with Gasteiger partial charge >= 0.3 is 0 Å². The normalized spacial score (nSPS) is 19.5. The molecule has 0 amide bonds. The van der Waals surface area contributed by atoms with Crippen molar-refractivity contribution in [1.82, 2.24) is 0 Å². The Kier molecular flexibility index (Phi) is 4.31. The number of piperidine rings is 1. The second kappa shape index (κ2) is 5.97. The highest BCUT2D eigenvalue weighted by molar-refractivity contribution is 5.63. The summed E-state index contributed by atoms with van der Waals surface area (Å²) in [5.74, 6) is -0.0110. The minimum Gasteiger partial charge on any atom is -0.366 e. The van der Waals surface area contributed by atoms with E-state index in [0.29, 0.717) is 24.7 Å². The number of nitrogens with zero attached hydrogens (tertiary/aromatic N) is 2. The Balaban J connectivity index is 2.24. The van der Waals surface area contributed by atoms with E-state index < -0.39 is 10.7 Å². The average molecular weight is 267 g/mol. The van der Waals surface area contributed by atoms with Gasteiger partial charge in [-0.25, -0.2) is 4.39 Å². The zero-order valence-corrected chi connectivity index (χ0v) is 10.7. The van der Waals surface area contributed by atoms with Gasteiger partial charge in [-0.1, -0.05) is 0 Å². The lowest BCUT2D eigenvalue weighted by atomic mass is 9.94. The summed E-state index contributed by atoms with van der Waals surface area (Å²) in [4.78, 5) is 12.5. The minimum absolute atomic E-state index is 0.0326. The van der Waals surface area contributed by atoms with Gasteiger partial charge in [0.25, 0.3) is 5.69 Å². The lowest BCUT2D eigenvalue weighted by Gasteiger charge is -2.34. The van der Waals surface area contributed by atoms with Crippen molar-refractivity contribution in [1.29, 1.82) is 0 Å². The molecule has 19 heavy (non-hydrogen) atoms. The van der Waals surface area contributed by atoms with Gasteiger partial charge in [0, 0.05) is 25.2 Å². The van der Waals surface area contributed by atoms with E-state index in [1.165, 1.54) is 12.1 Å². The van der Waals surface area contributed by atoms with E-state index in [2.05, 4.69) is 0 Å². The molecule has 1 aliphatic rings.